The van der Waals surface area contributed by atoms with Gasteiger partial charge < -0.3 is 24.3 Å². The van der Waals surface area contributed by atoms with Gasteiger partial charge in [-0.15, -0.1) is 0 Å². The first-order valence-electron chi connectivity index (χ1n) is 14.3. The number of benzene rings is 2. The van der Waals surface area contributed by atoms with E-state index in [1.165, 1.54) is 5.56 Å². The molecule has 5 rings (SSSR count). The summed E-state index contributed by atoms with van der Waals surface area (Å²) in [5.74, 6) is 1.10. The Labute approximate surface area is 247 Å². The Bertz CT molecular complexity index is 1530. The standard InChI is InChI=1S/C33H39N5O4/c1-23(35-32(40)42-33(2,3)4)25-11-14-30(34-21-25)41-27-12-13-28-26(19-27)20-29(36(28)5)31(39)38-17-15-37(16-18-38)22-24-9-7-6-8-10-24/h6-14,19-21,23H,15-18,22H2,1-5H3,(H,35,40). The summed E-state index contributed by atoms with van der Waals surface area (Å²) in [6.07, 6.45) is 1.20. The van der Waals surface area contributed by atoms with Gasteiger partial charge in [-0.3, -0.25) is 9.69 Å². The molecule has 9 nitrogen and oxygen atoms in total. The highest BCUT2D eigenvalue weighted by Crippen LogP contribution is 2.28. The number of hydrogen-bond donors (Lipinski definition) is 1. The second-order valence-corrected chi connectivity index (χ2v) is 11.8. The van der Waals surface area contributed by atoms with Gasteiger partial charge in [-0.1, -0.05) is 36.4 Å². The molecule has 1 atom stereocenters. The van der Waals surface area contributed by atoms with E-state index in [2.05, 4.69) is 39.5 Å². The maximum Gasteiger partial charge on any atom is 0.408 e. The van der Waals surface area contributed by atoms with Gasteiger partial charge in [0.2, 0.25) is 5.88 Å². The smallest absolute Gasteiger partial charge is 0.408 e. The number of carbonyl (C=O) groups excluding carboxylic acids is 2. The molecule has 0 saturated carbocycles. The van der Waals surface area contributed by atoms with Gasteiger partial charge in [-0.05, 0) is 63.1 Å². The summed E-state index contributed by atoms with van der Waals surface area (Å²) >= 11 is 0. The van der Waals surface area contributed by atoms with Crippen molar-refractivity contribution in [2.75, 3.05) is 26.2 Å². The summed E-state index contributed by atoms with van der Waals surface area (Å²) in [6.45, 7) is 11.4. The van der Waals surface area contributed by atoms with Gasteiger partial charge in [0, 0.05) is 62.9 Å². The zero-order valence-corrected chi connectivity index (χ0v) is 25.0. The Hall–Kier alpha value is -4.37. The van der Waals surface area contributed by atoms with E-state index >= 15 is 0 Å². The number of hydrogen-bond acceptors (Lipinski definition) is 6. The Morgan fingerprint density at radius 1 is 0.976 bits per heavy atom. The highest BCUT2D eigenvalue weighted by molar-refractivity contribution is 5.99. The van der Waals surface area contributed by atoms with Crippen LogP contribution in [0.5, 0.6) is 11.6 Å². The van der Waals surface area contributed by atoms with E-state index in [0.717, 1.165) is 36.1 Å². The summed E-state index contributed by atoms with van der Waals surface area (Å²) in [4.78, 5) is 34.3. The molecular weight excluding hydrogens is 530 g/mol. The molecule has 9 heteroatoms. The molecule has 0 spiro atoms. The quantitative estimate of drug-likeness (QED) is 0.298. The molecular formula is C33H39N5O4. The van der Waals surface area contributed by atoms with Crippen LogP contribution < -0.4 is 10.1 Å². The zero-order valence-electron chi connectivity index (χ0n) is 25.0. The van der Waals surface area contributed by atoms with Crippen molar-refractivity contribution in [3.8, 4) is 11.6 Å². The van der Waals surface area contributed by atoms with Crippen LogP contribution in [0, 0.1) is 0 Å². The van der Waals surface area contributed by atoms with E-state index in [4.69, 9.17) is 9.47 Å². The Morgan fingerprint density at radius 2 is 1.71 bits per heavy atom. The normalized spacial score (nSPS) is 14.9. The van der Waals surface area contributed by atoms with Gasteiger partial charge in [0.25, 0.3) is 5.91 Å². The van der Waals surface area contributed by atoms with Crippen molar-refractivity contribution in [2.24, 2.45) is 7.05 Å². The van der Waals surface area contributed by atoms with E-state index in [-0.39, 0.29) is 11.9 Å². The number of amides is 2. The Balaban J connectivity index is 1.20. The van der Waals surface area contributed by atoms with Gasteiger partial charge in [0.05, 0.1) is 6.04 Å². The third-order valence-corrected chi connectivity index (χ3v) is 7.36. The van der Waals surface area contributed by atoms with Gasteiger partial charge >= 0.3 is 6.09 Å². The van der Waals surface area contributed by atoms with Crippen LogP contribution in [0.4, 0.5) is 4.79 Å². The van der Waals surface area contributed by atoms with E-state index in [0.29, 0.717) is 30.4 Å². The molecule has 2 aromatic heterocycles. The largest absolute Gasteiger partial charge is 0.444 e. The highest BCUT2D eigenvalue weighted by atomic mass is 16.6. The molecule has 0 aliphatic carbocycles. The van der Waals surface area contributed by atoms with E-state index < -0.39 is 11.7 Å². The summed E-state index contributed by atoms with van der Waals surface area (Å²) in [5, 5.41) is 3.74. The molecule has 1 fully saturated rings. The van der Waals surface area contributed by atoms with Crippen LogP contribution in [0.15, 0.2) is 72.9 Å². The molecule has 1 saturated heterocycles. The molecule has 1 N–H and O–H groups in total. The highest BCUT2D eigenvalue weighted by Gasteiger charge is 2.25. The van der Waals surface area contributed by atoms with Crippen molar-refractivity contribution < 1.29 is 19.1 Å². The van der Waals surface area contributed by atoms with Crippen LogP contribution >= 0.6 is 0 Å². The lowest BCUT2D eigenvalue weighted by Crippen LogP contribution is -2.48. The van der Waals surface area contributed by atoms with Crippen LogP contribution in [0.25, 0.3) is 10.9 Å². The monoisotopic (exact) mass is 569 g/mol. The average molecular weight is 570 g/mol. The summed E-state index contributed by atoms with van der Waals surface area (Å²) < 4.78 is 13.3. The fraction of sp³-hybridized carbons (Fsp3) is 0.364. The van der Waals surface area contributed by atoms with Crippen molar-refractivity contribution in [1.82, 2.24) is 24.7 Å². The molecule has 1 unspecified atom stereocenters. The van der Waals surface area contributed by atoms with E-state index in [1.54, 1.807) is 12.3 Å². The second kappa shape index (κ2) is 12.2. The minimum absolute atomic E-state index is 0.0434. The van der Waals surface area contributed by atoms with Crippen LogP contribution in [0.1, 0.15) is 55.4 Å². The molecule has 2 aromatic carbocycles. The first kappa shape index (κ1) is 29.1. The zero-order chi connectivity index (χ0) is 29.9. The fourth-order valence-corrected chi connectivity index (χ4v) is 5.11. The average Bonchev–Trinajstić information content (AvgIpc) is 3.28. The Kier molecular flexibility index (Phi) is 8.49. The van der Waals surface area contributed by atoms with E-state index in [9.17, 15) is 9.59 Å². The second-order valence-electron chi connectivity index (χ2n) is 11.8. The van der Waals surface area contributed by atoms with Gasteiger partial charge in [-0.25, -0.2) is 9.78 Å². The lowest BCUT2D eigenvalue weighted by molar-refractivity contribution is 0.0507. The maximum absolute atomic E-state index is 13.5. The number of nitrogens with one attached hydrogen (secondary N) is 1. The molecule has 3 heterocycles. The van der Waals surface area contributed by atoms with Crippen LogP contribution in [-0.2, 0) is 18.3 Å². The van der Waals surface area contributed by atoms with Crippen molar-refractivity contribution >= 4 is 22.9 Å². The third kappa shape index (κ3) is 7.09. The minimum Gasteiger partial charge on any atom is -0.444 e. The Morgan fingerprint density at radius 3 is 2.38 bits per heavy atom. The van der Waals surface area contributed by atoms with Gasteiger partial charge in [0.15, 0.2) is 0 Å². The number of pyridine rings is 1. The number of piperazine rings is 1. The summed E-state index contributed by atoms with van der Waals surface area (Å²) in [7, 11) is 1.93. The lowest BCUT2D eigenvalue weighted by atomic mass is 10.1. The fourth-order valence-electron chi connectivity index (χ4n) is 5.11. The lowest BCUT2D eigenvalue weighted by Gasteiger charge is -2.34. The number of nitrogens with zero attached hydrogens (tertiary/aromatic N) is 4. The number of carbonyl (C=O) groups is 2. The molecule has 0 bridgehead atoms. The molecule has 0 radical (unpaired) electrons. The van der Waals surface area contributed by atoms with Crippen LogP contribution in [0.2, 0.25) is 0 Å². The molecule has 1 aliphatic heterocycles. The predicted octanol–water partition coefficient (Wildman–Crippen LogP) is 5.91. The predicted molar refractivity (Wildman–Crippen MR) is 163 cm³/mol. The number of aromatic nitrogens is 2. The third-order valence-electron chi connectivity index (χ3n) is 7.36. The van der Waals surface area contributed by atoms with Crippen molar-refractivity contribution in [3.63, 3.8) is 0 Å². The SMILES string of the molecule is CC(NC(=O)OC(C)(C)C)c1ccc(Oc2ccc3c(c2)cc(C(=O)N2CCN(Cc4ccccc4)CC2)n3C)nc1. The molecule has 1 aliphatic rings. The topological polar surface area (TPSA) is 88.9 Å². The first-order chi connectivity index (χ1) is 20.1. The number of fused-ring (bicyclic) bond motifs is 1. The number of alkyl carbamates (subject to hydrolysis) is 1. The molecule has 220 valence electrons. The maximum atomic E-state index is 13.5. The van der Waals surface area contributed by atoms with Crippen molar-refractivity contribution in [1.29, 1.82) is 0 Å². The molecule has 42 heavy (non-hydrogen) atoms. The van der Waals surface area contributed by atoms with Crippen LogP contribution in [-0.4, -0.2) is 63.1 Å². The summed E-state index contributed by atoms with van der Waals surface area (Å²) in [5.41, 5.74) is 3.17. The molecule has 4 aromatic rings. The van der Waals surface area contributed by atoms with E-state index in [1.807, 2.05) is 80.6 Å². The van der Waals surface area contributed by atoms with Crippen molar-refractivity contribution in [3.05, 3.63) is 89.7 Å². The van der Waals surface area contributed by atoms with Crippen molar-refractivity contribution in [2.45, 2.75) is 45.9 Å². The molecule has 2 amide bonds. The minimum atomic E-state index is -0.564. The number of ether oxygens (including phenoxy) is 2. The first-order valence-corrected chi connectivity index (χ1v) is 14.3. The van der Waals surface area contributed by atoms with Gasteiger partial charge in [-0.2, -0.15) is 0 Å². The number of aryl methyl sites for hydroxylation is 1. The summed E-state index contributed by atoms with van der Waals surface area (Å²) in [6, 6.07) is 21.5. The van der Waals surface area contributed by atoms with Gasteiger partial charge in [0.1, 0.15) is 17.0 Å². The van der Waals surface area contributed by atoms with Crippen LogP contribution in [0.3, 0.4) is 0 Å². The number of rotatable bonds is 7.